The molecule has 1 aromatic carbocycles. The number of dihydropyridines is 1. The number of carbonyl (C=O) groups is 2. The first-order valence-electron chi connectivity index (χ1n) is 14.0. The molecule has 0 fully saturated rings. The smallest absolute Gasteiger partial charge is 0.278 e. The number of fused-ring (bicyclic) bond motifs is 3. The Balaban J connectivity index is 1.47. The summed E-state index contributed by atoms with van der Waals surface area (Å²) in [4.78, 5) is 31.2. The molecule has 232 valence electrons. The van der Waals surface area contributed by atoms with Crippen molar-refractivity contribution in [2.24, 2.45) is 10.9 Å². The van der Waals surface area contributed by atoms with Crippen LogP contribution in [0, 0.1) is 5.92 Å². The number of alkyl halides is 2. The molecule has 0 saturated heterocycles. The first-order chi connectivity index (χ1) is 19.9. The predicted octanol–water partition coefficient (Wildman–Crippen LogP) is 2.62. The van der Waals surface area contributed by atoms with Crippen molar-refractivity contribution in [1.29, 1.82) is 0 Å². The minimum atomic E-state index is -3.66. The molecule has 3 aliphatic rings. The van der Waals surface area contributed by atoms with Crippen LogP contribution >= 0.6 is 0 Å². The van der Waals surface area contributed by atoms with Gasteiger partial charge in [-0.15, -0.1) is 0 Å². The lowest BCUT2D eigenvalue weighted by molar-refractivity contribution is -0.113. The van der Waals surface area contributed by atoms with Crippen LogP contribution in [0.1, 0.15) is 60.8 Å². The van der Waals surface area contributed by atoms with Crippen molar-refractivity contribution >= 4 is 33.3 Å². The van der Waals surface area contributed by atoms with Crippen LogP contribution in [0.2, 0.25) is 0 Å². The predicted molar refractivity (Wildman–Crippen MR) is 156 cm³/mol. The van der Waals surface area contributed by atoms with Gasteiger partial charge in [-0.25, -0.2) is 17.2 Å². The van der Waals surface area contributed by atoms with Crippen LogP contribution < -0.4 is 15.4 Å². The van der Waals surface area contributed by atoms with E-state index in [9.17, 15) is 31.9 Å². The van der Waals surface area contributed by atoms with Gasteiger partial charge in [0.25, 0.3) is 11.8 Å². The molecule has 1 unspecified atom stereocenters. The summed E-state index contributed by atoms with van der Waals surface area (Å²) in [6, 6.07) is 5.11. The normalized spacial score (nSPS) is 22.0. The molecule has 0 saturated carbocycles. The molecule has 2 aliphatic heterocycles. The lowest BCUT2D eigenvalue weighted by Gasteiger charge is -2.30. The molecule has 2 aromatic rings. The molecule has 1 spiro atoms. The molecule has 3 heterocycles. The lowest BCUT2D eigenvalue weighted by atomic mass is 9.87. The van der Waals surface area contributed by atoms with E-state index >= 15 is 0 Å². The highest BCUT2D eigenvalue weighted by molar-refractivity contribution is 7.91. The lowest BCUT2D eigenvalue weighted by Crippen LogP contribution is -2.43. The summed E-state index contributed by atoms with van der Waals surface area (Å²) in [5, 5.41) is 20.7. The summed E-state index contributed by atoms with van der Waals surface area (Å²) in [5.74, 6) is -4.70. The number of benzene rings is 1. The quantitative estimate of drug-likeness (QED) is 0.431. The standard InChI is InChI=1S/C29H35F2N5O6S/c1-27(2,39)18-5-8-22(32-14-18)36-25(33-23(37)15-43(4,40)41)24-21(35-36)10-12-29(34-26(24)38)11-9-17-13-19(6-7-20(17)29)42-16-28(3,30)31/h5-8,13,18,39H,9-12,14-16H2,1-4H3,(H,33,37)(H,34,38)/t18?,29-/m0/s1. The van der Waals surface area contributed by atoms with Gasteiger partial charge >= 0.3 is 0 Å². The van der Waals surface area contributed by atoms with E-state index in [1.54, 1.807) is 44.2 Å². The van der Waals surface area contributed by atoms with E-state index in [-0.39, 0.29) is 23.8 Å². The Labute approximate surface area is 248 Å². The van der Waals surface area contributed by atoms with Crippen LogP contribution in [-0.4, -0.2) is 77.6 Å². The zero-order valence-electron chi connectivity index (χ0n) is 24.4. The first kappa shape index (κ1) is 30.8. The van der Waals surface area contributed by atoms with Crippen LogP contribution in [0.5, 0.6) is 5.75 Å². The number of ether oxygens (including phenoxy) is 1. The Morgan fingerprint density at radius 3 is 2.60 bits per heavy atom. The van der Waals surface area contributed by atoms with Crippen molar-refractivity contribution in [3.8, 4) is 5.75 Å². The molecule has 14 heteroatoms. The van der Waals surface area contributed by atoms with Crippen LogP contribution in [0.3, 0.4) is 0 Å². The second-order valence-corrected chi connectivity index (χ2v) is 14.4. The topological polar surface area (TPSA) is 152 Å². The Morgan fingerprint density at radius 1 is 1.26 bits per heavy atom. The largest absolute Gasteiger partial charge is 0.487 e. The third-order valence-electron chi connectivity index (χ3n) is 7.94. The number of amides is 2. The molecule has 43 heavy (non-hydrogen) atoms. The fourth-order valence-electron chi connectivity index (χ4n) is 5.76. The van der Waals surface area contributed by atoms with Crippen molar-refractivity contribution in [3.63, 3.8) is 0 Å². The minimum Gasteiger partial charge on any atom is -0.487 e. The Morgan fingerprint density at radius 2 is 1.98 bits per heavy atom. The summed E-state index contributed by atoms with van der Waals surface area (Å²) < 4.78 is 56.9. The van der Waals surface area contributed by atoms with E-state index in [1.807, 2.05) is 0 Å². The number of carbonyl (C=O) groups excluding carboxylic acids is 2. The van der Waals surface area contributed by atoms with Crippen molar-refractivity contribution in [1.82, 2.24) is 15.1 Å². The number of aliphatic imine (C=N–C) groups is 1. The molecule has 1 aliphatic carbocycles. The highest BCUT2D eigenvalue weighted by atomic mass is 32.2. The number of sulfone groups is 1. The number of nitrogens with zero attached hydrogens (tertiary/aromatic N) is 3. The number of allylic oxidation sites excluding steroid dienone is 1. The number of halogens is 2. The maximum atomic E-state index is 13.9. The molecule has 2 amide bonds. The van der Waals surface area contributed by atoms with E-state index in [0.29, 0.717) is 43.0 Å². The number of nitrogens with one attached hydrogen (secondary N) is 2. The highest BCUT2D eigenvalue weighted by Crippen LogP contribution is 2.44. The third kappa shape index (κ3) is 6.64. The van der Waals surface area contributed by atoms with E-state index < -0.39 is 51.1 Å². The molecule has 5 rings (SSSR count). The SMILES string of the molecule is CC(F)(F)COc1ccc2c(c1)CC[C@]21CCc2nn(C3=NCC(C(C)(C)O)C=C3)c(NC(=O)CS(C)(=O)=O)c2C(=O)N1. The zero-order chi connectivity index (χ0) is 31.4. The number of hydrogen-bond donors (Lipinski definition) is 3. The van der Waals surface area contributed by atoms with Crippen LogP contribution in [-0.2, 0) is 33.0 Å². The van der Waals surface area contributed by atoms with Crippen LogP contribution in [0.4, 0.5) is 14.6 Å². The Hall–Kier alpha value is -3.65. The molecule has 0 radical (unpaired) electrons. The van der Waals surface area contributed by atoms with Gasteiger partial charge < -0.3 is 20.5 Å². The summed E-state index contributed by atoms with van der Waals surface area (Å²) in [7, 11) is -3.66. The molecular weight excluding hydrogens is 584 g/mol. The van der Waals surface area contributed by atoms with E-state index in [2.05, 4.69) is 20.7 Å². The van der Waals surface area contributed by atoms with E-state index in [0.717, 1.165) is 24.3 Å². The van der Waals surface area contributed by atoms with Gasteiger partial charge in [-0.05, 0) is 68.9 Å². The third-order valence-corrected chi connectivity index (χ3v) is 8.72. The first-order valence-corrected chi connectivity index (χ1v) is 16.0. The maximum absolute atomic E-state index is 13.9. The fraction of sp³-hybridized carbons (Fsp3) is 0.517. The monoisotopic (exact) mass is 619 g/mol. The van der Waals surface area contributed by atoms with E-state index in [4.69, 9.17) is 4.74 Å². The zero-order valence-corrected chi connectivity index (χ0v) is 25.2. The summed E-state index contributed by atoms with van der Waals surface area (Å²) >= 11 is 0. The average molecular weight is 620 g/mol. The average Bonchev–Trinajstić information content (AvgIpc) is 3.38. The highest BCUT2D eigenvalue weighted by Gasteiger charge is 2.44. The van der Waals surface area contributed by atoms with Crippen LogP contribution in [0.15, 0.2) is 35.3 Å². The fourth-order valence-corrected chi connectivity index (χ4v) is 6.31. The van der Waals surface area contributed by atoms with Gasteiger partial charge in [0.2, 0.25) is 5.91 Å². The number of aliphatic hydroxyl groups is 1. The van der Waals surface area contributed by atoms with E-state index in [1.165, 1.54) is 4.68 Å². The van der Waals surface area contributed by atoms with Crippen molar-refractivity contribution in [3.05, 3.63) is 52.7 Å². The molecule has 3 N–H and O–H groups in total. The van der Waals surface area contributed by atoms with Gasteiger partial charge in [-0.3, -0.25) is 14.6 Å². The van der Waals surface area contributed by atoms with Gasteiger partial charge in [0.05, 0.1) is 23.4 Å². The Kier molecular flexibility index (Phi) is 7.74. The van der Waals surface area contributed by atoms with Gasteiger partial charge in [0, 0.05) is 19.1 Å². The molecule has 11 nitrogen and oxygen atoms in total. The van der Waals surface area contributed by atoms with Gasteiger partial charge in [0.1, 0.15) is 17.1 Å². The van der Waals surface area contributed by atoms with Crippen molar-refractivity contribution < 1.29 is 36.6 Å². The number of aryl methyl sites for hydroxylation is 2. The molecular formula is C29H35F2N5O6S. The minimum absolute atomic E-state index is 0.00534. The summed E-state index contributed by atoms with van der Waals surface area (Å²) in [5.41, 5.74) is 0.482. The Bertz CT molecular complexity index is 1640. The summed E-state index contributed by atoms with van der Waals surface area (Å²) in [6.07, 6.45) is 6.34. The molecule has 0 bridgehead atoms. The molecule has 1 aromatic heterocycles. The van der Waals surface area contributed by atoms with Gasteiger partial charge in [-0.1, -0.05) is 12.1 Å². The second kappa shape index (κ2) is 10.8. The second-order valence-electron chi connectivity index (χ2n) is 12.2. The number of rotatable bonds is 7. The number of aromatic nitrogens is 2. The number of hydrogen-bond acceptors (Lipinski definition) is 8. The van der Waals surface area contributed by atoms with Crippen molar-refractivity contribution in [2.75, 3.05) is 30.5 Å². The molecule has 2 atom stereocenters. The van der Waals surface area contributed by atoms with Crippen LogP contribution in [0.25, 0.3) is 0 Å². The van der Waals surface area contributed by atoms with Crippen molar-refractivity contribution in [2.45, 2.75) is 63.5 Å². The van der Waals surface area contributed by atoms with Gasteiger partial charge in [0.15, 0.2) is 28.1 Å². The summed E-state index contributed by atoms with van der Waals surface area (Å²) in [6.45, 7) is 3.63. The number of anilines is 1. The maximum Gasteiger partial charge on any atom is 0.278 e. The van der Waals surface area contributed by atoms with Gasteiger partial charge in [-0.2, -0.15) is 9.78 Å².